The van der Waals surface area contributed by atoms with Crippen molar-refractivity contribution in [1.82, 2.24) is 0 Å². The van der Waals surface area contributed by atoms with E-state index in [1.807, 2.05) is 24.3 Å². The Morgan fingerprint density at radius 3 is 2.21 bits per heavy atom. The molecule has 3 rings (SSSR count). The van der Waals surface area contributed by atoms with Gasteiger partial charge in [-0.3, -0.25) is 4.79 Å². The van der Waals surface area contributed by atoms with Crippen LogP contribution in [0.3, 0.4) is 0 Å². The van der Waals surface area contributed by atoms with Gasteiger partial charge >= 0.3 is 0 Å². The van der Waals surface area contributed by atoms with Crippen LogP contribution in [0, 0.1) is 14.3 Å². The van der Waals surface area contributed by atoms with E-state index in [4.69, 9.17) is 4.42 Å². The van der Waals surface area contributed by atoms with Crippen molar-refractivity contribution in [3.8, 4) is 0 Å². The first kappa shape index (κ1) is 14.8. The molecule has 0 unspecified atom stereocenters. The van der Waals surface area contributed by atoms with Crippen molar-refractivity contribution in [2.75, 3.05) is 0 Å². The molecule has 96 valence electrons. The molecule has 0 aliphatic rings. The van der Waals surface area contributed by atoms with Crippen LogP contribution in [-0.2, 0) is 0 Å². The second kappa shape index (κ2) is 5.55. The lowest BCUT2D eigenvalue weighted by Gasteiger charge is -2.09. The Bertz CT molecular complexity index is 883. The van der Waals surface area contributed by atoms with E-state index < -0.39 is 0 Å². The first-order valence-electron chi connectivity index (χ1n) is 5.20. The summed E-state index contributed by atoms with van der Waals surface area (Å²) in [5.74, 6) is 0. The summed E-state index contributed by atoms with van der Waals surface area (Å²) < 4.78 is 10.2. The second-order valence-corrected chi connectivity index (χ2v) is 8.20. The third-order valence-corrected chi connectivity index (χ3v) is 10.2. The van der Waals surface area contributed by atoms with E-state index in [1.54, 1.807) is 0 Å². The molecule has 3 aromatic rings. The number of para-hydroxylation sites is 1. The zero-order chi connectivity index (χ0) is 13.7. The molecule has 1 aromatic heterocycles. The number of hydrogen-bond acceptors (Lipinski definition) is 2. The lowest BCUT2D eigenvalue weighted by Crippen LogP contribution is -2.07. The fourth-order valence-corrected chi connectivity index (χ4v) is 5.39. The minimum absolute atomic E-state index is 0.0495. The van der Waals surface area contributed by atoms with Gasteiger partial charge in [-0.15, -0.1) is 0 Å². The normalized spacial score (nSPS) is 11.4. The summed E-state index contributed by atoms with van der Waals surface area (Å²) in [6.45, 7) is 0. The molecule has 0 saturated heterocycles. The third-order valence-electron chi connectivity index (χ3n) is 2.79. The smallest absolute Gasteiger partial charge is 0.201 e. The van der Waals surface area contributed by atoms with Crippen LogP contribution in [-0.4, -0.2) is 0 Å². The molecule has 19 heavy (non-hydrogen) atoms. The molecule has 0 amide bonds. The summed E-state index contributed by atoms with van der Waals surface area (Å²) in [7, 11) is 0. The van der Waals surface area contributed by atoms with Gasteiger partial charge in [0.25, 0.3) is 0 Å². The predicted molar refractivity (Wildman–Crippen MR) is 111 cm³/mol. The molecule has 0 bridgehead atoms. The molecule has 0 atom stereocenters. The Hall–Kier alpha value is 0.830. The van der Waals surface area contributed by atoms with Gasteiger partial charge in [-0.1, -0.05) is 12.1 Å². The van der Waals surface area contributed by atoms with E-state index in [9.17, 15) is 4.79 Å². The average Bonchev–Trinajstić information content (AvgIpc) is 2.43. The second-order valence-electron chi connectivity index (χ2n) is 3.89. The Morgan fingerprint density at radius 2 is 1.47 bits per heavy atom. The molecule has 0 aliphatic carbocycles. The van der Waals surface area contributed by atoms with Crippen LogP contribution >= 0.6 is 90.4 Å². The number of hydrogen-bond donors (Lipinski definition) is 0. The largest absolute Gasteiger partial charge is 0.455 e. The van der Waals surface area contributed by atoms with Crippen molar-refractivity contribution in [2.45, 2.75) is 0 Å². The van der Waals surface area contributed by atoms with E-state index in [-0.39, 0.29) is 5.43 Å². The van der Waals surface area contributed by atoms with E-state index in [0.29, 0.717) is 21.9 Å². The van der Waals surface area contributed by atoms with Crippen LogP contribution in [0.2, 0.25) is 0 Å². The maximum atomic E-state index is 12.7. The quantitative estimate of drug-likeness (QED) is 0.137. The highest BCUT2D eigenvalue weighted by molar-refractivity contribution is 14.1. The van der Waals surface area contributed by atoms with Crippen LogP contribution in [0.25, 0.3) is 21.9 Å². The molecular weight excluding hydrogens is 696 g/mol. The molecule has 1 heterocycles. The van der Waals surface area contributed by atoms with Gasteiger partial charge in [0.1, 0.15) is 5.58 Å². The standard InChI is InChI=1S/C13H4I4O2/c14-8-7-12(18)5-3-1-2-4-6(5)19-13(7)11(17)10(16)9(8)15/h1-4H. The van der Waals surface area contributed by atoms with Crippen molar-refractivity contribution in [1.29, 1.82) is 0 Å². The van der Waals surface area contributed by atoms with Crippen molar-refractivity contribution >= 4 is 112 Å². The molecular formula is C13H4I4O2. The monoisotopic (exact) mass is 700 g/mol. The summed E-state index contributed by atoms with van der Waals surface area (Å²) in [6.07, 6.45) is 0. The van der Waals surface area contributed by atoms with Crippen LogP contribution < -0.4 is 5.43 Å². The minimum atomic E-state index is 0.0495. The van der Waals surface area contributed by atoms with Gasteiger partial charge in [0.05, 0.1) is 14.3 Å². The topological polar surface area (TPSA) is 30.2 Å². The minimum Gasteiger partial charge on any atom is -0.455 e. The lowest BCUT2D eigenvalue weighted by atomic mass is 10.1. The summed E-state index contributed by atoms with van der Waals surface area (Å²) in [4.78, 5) is 12.7. The molecule has 0 aliphatic heterocycles. The molecule has 0 saturated carbocycles. The summed E-state index contributed by atoms with van der Waals surface area (Å²) >= 11 is 9.05. The van der Waals surface area contributed by atoms with Crippen LogP contribution in [0.1, 0.15) is 0 Å². The first-order chi connectivity index (χ1) is 9.02. The van der Waals surface area contributed by atoms with Gasteiger partial charge in [-0.25, -0.2) is 0 Å². The third kappa shape index (κ3) is 2.33. The maximum Gasteiger partial charge on any atom is 0.201 e. The Labute approximate surface area is 163 Å². The number of benzene rings is 2. The lowest BCUT2D eigenvalue weighted by molar-refractivity contribution is 0.656. The van der Waals surface area contributed by atoms with E-state index >= 15 is 0 Å². The predicted octanol–water partition coefficient (Wildman–Crippen LogP) is 5.36. The SMILES string of the molecule is O=c1c2ccccc2oc2c(I)c(I)c(I)c(I)c12. The van der Waals surface area contributed by atoms with E-state index in [0.717, 1.165) is 14.3 Å². The van der Waals surface area contributed by atoms with Gasteiger partial charge in [0.2, 0.25) is 5.43 Å². The molecule has 0 spiro atoms. The molecule has 0 fully saturated rings. The maximum absolute atomic E-state index is 12.7. The van der Waals surface area contributed by atoms with Crippen molar-refractivity contribution in [3.63, 3.8) is 0 Å². The zero-order valence-electron chi connectivity index (χ0n) is 9.14. The van der Waals surface area contributed by atoms with Crippen molar-refractivity contribution in [3.05, 3.63) is 48.8 Å². The summed E-state index contributed by atoms with van der Waals surface area (Å²) in [5.41, 5.74) is 1.39. The highest BCUT2D eigenvalue weighted by atomic mass is 127. The van der Waals surface area contributed by atoms with Crippen molar-refractivity contribution < 1.29 is 4.42 Å². The fourth-order valence-electron chi connectivity index (χ4n) is 1.90. The molecule has 0 N–H and O–H groups in total. The number of fused-ring (bicyclic) bond motifs is 2. The van der Waals surface area contributed by atoms with Crippen molar-refractivity contribution in [2.24, 2.45) is 0 Å². The Balaban J connectivity index is 2.71. The average molecular weight is 700 g/mol. The van der Waals surface area contributed by atoms with Gasteiger partial charge in [0.15, 0.2) is 5.58 Å². The molecule has 0 radical (unpaired) electrons. The fraction of sp³-hybridized carbons (Fsp3) is 0. The van der Waals surface area contributed by atoms with Crippen LogP contribution in [0.4, 0.5) is 0 Å². The summed E-state index contributed by atoms with van der Waals surface area (Å²) in [5, 5.41) is 1.33. The van der Waals surface area contributed by atoms with Gasteiger partial charge in [0, 0.05) is 10.7 Å². The van der Waals surface area contributed by atoms with Gasteiger partial charge in [-0.05, 0) is 102 Å². The molecule has 6 heteroatoms. The van der Waals surface area contributed by atoms with E-state index in [1.165, 1.54) is 0 Å². The van der Waals surface area contributed by atoms with Gasteiger partial charge in [-0.2, -0.15) is 0 Å². The summed E-state index contributed by atoms with van der Waals surface area (Å²) in [6, 6.07) is 7.39. The van der Waals surface area contributed by atoms with E-state index in [2.05, 4.69) is 90.4 Å². The Morgan fingerprint density at radius 1 is 0.842 bits per heavy atom. The highest BCUT2D eigenvalue weighted by Crippen LogP contribution is 2.34. The zero-order valence-corrected chi connectivity index (χ0v) is 17.8. The first-order valence-corrected chi connectivity index (χ1v) is 9.51. The molecule has 2 aromatic carbocycles. The van der Waals surface area contributed by atoms with Crippen LogP contribution in [0.5, 0.6) is 0 Å². The van der Waals surface area contributed by atoms with Crippen LogP contribution in [0.15, 0.2) is 33.5 Å². The number of rotatable bonds is 0. The van der Waals surface area contributed by atoms with Gasteiger partial charge < -0.3 is 4.42 Å². The number of halogens is 4. The molecule has 2 nitrogen and oxygen atoms in total. The highest BCUT2D eigenvalue weighted by Gasteiger charge is 2.19. The Kier molecular flexibility index (Phi) is 4.31.